The van der Waals surface area contributed by atoms with E-state index in [1.807, 2.05) is 0 Å². The molecule has 0 bridgehead atoms. The third-order valence-corrected chi connectivity index (χ3v) is 4.56. The maximum atomic E-state index is 12.5. The maximum Gasteiger partial charge on any atom is 0.337 e. The highest BCUT2D eigenvalue weighted by atomic mass is 79.9. The van der Waals surface area contributed by atoms with E-state index in [0.717, 1.165) is 13.0 Å². The molecule has 0 aliphatic carbocycles. The molecule has 2 N–H and O–H groups in total. The highest BCUT2D eigenvalue weighted by Gasteiger charge is 2.17. The van der Waals surface area contributed by atoms with E-state index in [4.69, 9.17) is 9.47 Å². The zero-order chi connectivity index (χ0) is 18.5. The molecular formula is C19H18BrNO5. The van der Waals surface area contributed by atoms with Crippen LogP contribution in [0.1, 0.15) is 27.1 Å². The summed E-state index contributed by atoms with van der Waals surface area (Å²) in [6, 6.07) is 11.5. The van der Waals surface area contributed by atoms with Gasteiger partial charge in [-0.25, -0.2) is 4.79 Å². The monoisotopic (exact) mass is 419 g/mol. The van der Waals surface area contributed by atoms with Gasteiger partial charge in [0, 0.05) is 22.6 Å². The summed E-state index contributed by atoms with van der Waals surface area (Å²) in [7, 11) is 0. The summed E-state index contributed by atoms with van der Waals surface area (Å²) in [6.45, 7) is 2.00. The van der Waals surface area contributed by atoms with Crippen LogP contribution in [0.3, 0.4) is 0 Å². The van der Waals surface area contributed by atoms with Gasteiger partial charge in [0.25, 0.3) is 5.91 Å². The molecule has 0 aromatic heterocycles. The standard InChI is InChI=1S/C19H18BrNO5/c20-14-4-5-17(16(9-14)19(23)24)21-18(22)13-2-1-3-15(8-13)26-11-12-6-7-25-10-12/h1-5,8-9,12H,6-7,10-11H2,(H,21,22)(H,23,24). The lowest BCUT2D eigenvalue weighted by atomic mass is 10.1. The average Bonchev–Trinajstić information content (AvgIpc) is 3.15. The van der Waals surface area contributed by atoms with E-state index in [1.54, 1.807) is 36.4 Å². The topological polar surface area (TPSA) is 84.9 Å². The largest absolute Gasteiger partial charge is 0.493 e. The van der Waals surface area contributed by atoms with Gasteiger partial charge in [0.15, 0.2) is 0 Å². The van der Waals surface area contributed by atoms with Crippen LogP contribution in [0.25, 0.3) is 0 Å². The molecule has 1 unspecified atom stereocenters. The number of carboxylic acids is 1. The molecule has 0 spiro atoms. The van der Waals surface area contributed by atoms with Crippen LogP contribution in [0.2, 0.25) is 0 Å². The zero-order valence-electron chi connectivity index (χ0n) is 13.9. The molecule has 7 heteroatoms. The third-order valence-electron chi connectivity index (χ3n) is 4.07. The summed E-state index contributed by atoms with van der Waals surface area (Å²) >= 11 is 3.23. The van der Waals surface area contributed by atoms with Crippen molar-refractivity contribution in [2.24, 2.45) is 5.92 Å². The molecule has 1 aliphatic rings. The molecule has 6 nitrogen and oxygen atoms in total. The predicted octanol–water partition coefficient (Wildman–Crippen LogP) is 3.81. The molecule has 1 amide bonds. The Labute approximate surface area is 159 Å². The van der Waals surface area contributed by atoms with Crippen molar-refractivity contribution in [1.82, 2.24) is 0 Å². The molecule has 0 radical (unpaired) electrons. The summed E-state index contributed by atoms with van der Waals surface area (Å²) in [5.41, 5.74) is 0.644. The number of carbonyl (C=O) groups excluding carboxylic acids is 1. The molecule has 1 fully saturated rings. The number of carboxylic acid groups (broad SMARTS) is 1. The first-order valence-electron chi connectivity index (χ1n) is 8.18. The van der Waals surface area contributed by atoms with Gasteiger partial charge in [0.1, 0.15) is 5.75 Å². The second kappa shape index (κ2) is 8.33. The average molecular weight is 420 g/mol. The van der Waals surface area contributed by atoms with E-state index < -0.39 is 11.9 Å². The molecule has 26 heavy (non-hydrogen) atoms. The fourth-order valence-electron chi connectivity index (χ4n) is 2.65. The second-order valence-electron chi connectivity index (χ2n) is 6.02. The molecule has 1 atom stereocenters. The Bertz CT molecular complexity index is 817. The van der Waals surface area contributed by atoms with E-state index in [-0.39, 0.29) is 11.3 Å². The summed E-state index contributed by atoms with van der Waals surface area (Å²) < 4.78 is 11.7. The van der Waals surface area contributed by atoms with Gasteiger partial charge in [-0.2, -0.15) is 0 Å². The van der Waals surface area contributed by atoms with Crippen LogP contribution in [0.15, 0.2) is 46.9 Å². The number of anilines is 1. The summed E-state index contributed by atoms with van der Waals surface area (Å²) in [5.74, 6) is -0.547. The van der Waals surface area contributed by atoms with Gasteiger partial charge < -0.3 is 19.9 Å². The number of carbonyl (C=O) groups is 2. The lowest BCUT2D eigenvalue weighted by Crippen LogP contribution is -2.15. The van der Waals surface area contributed by atoms with E-state index in [0.29, 0.717) is 34.9 Å². The second-order valence-corrected chi connectivity index (χ2v) is 6.93. The molecular weight excluding hydrogens is 402 g/mol. The van der Waals surface area contributed by atoms with Crippen molar-refractivity contribution < 1.29 is 24.2 Å². The van der Waals surface area contributed by atoms with Crippen LogP contribution < -0.4 is 10.1 Å². The van der Waals surface area contributed by atoms with Gasteiger partial charge in [-0.05, 0) is 42.8 Å². The van der Waals surface area contributed by atoms with Gasteiger partial charge in [-0.1, -0.05) is 22.0 Å². The molecule has 1 heterocycles. The molecule has 2 aromatic carbocycles. The Kier molecular flexibility index (Phi) is 5.90. The molecule has 0 saturated carbocycles. The molecule has 2 aromatic rings. The van der Waals surface area contributed by atoms with Crippen molar-refractivity contribution >= 4 is 33.5 Å². The number of amides is 1. The lowest BCUT2D eigenvalue weighted by molar-refractivity contribution is 0.0698. The lowest BCUT2D eigenvalue weighted by Gasteiger charge is -2.12. The first-order valence-corrected chi connectivity index (χ1v) is 8.97. The predicted molar refractivity (Wildman–Crippen MR) is 99.9 cm³/mol. The first kappa shape index (κ1) is 18.4. The quantitative estimate of drug-likeness (QED) is 0.743. The Morgan fingerprint density at radius 1 is 1.27 bits per heavy atom. The van der Waals surface area contributed by atoms with Crippen molar-refractivity contribution in [1.29, 1.82) is 0 Å². The van der Waals surface area contributed by atoms with E-state index in [2.05, 4.69) is 21.2 Å². The number of benzene rings is 2. The first-order chi connectivity index (χ1) is 12.5. The number of nitrogens with one attached hydrogen (secondary N) is 1. The Balaban J connectivity index is 1.70. The van der Waals surface area contributed by atoms with E-state index in [1.165, 1.54) is 6.07 Å². The maximum absolute atomic E-state index is 12.5. The van der Waals surface area contributed by atoms with Crippen LogP contribution in [-0.2, 0) is 4.74 Å². The van der Waals surface area contributed by atoms with Crippen molar-refractivity contribution in [3.8, 4) is 5.75 Å². The smallest absolute Gasteiger partial charge is 0.337 e. The Morgan fingerprint density at radius 3 is 2.85 bits per heavy atom. The van der Waals surface area contributed by atoms with Gasteiger partial charge in [-0.3, -0.25) is 4.79 Å². The van der Waals surface area contributed by atoms with Crippen molar-refractivity contribution in [2.45, 2.75) is 6.42 Å². The Hall–Kier alpha value is -2.38. The van der Waals surface area contributed by atoms with Crippen LogP contribution in [0, 0.1) is 5.92 Å². The summed E-state index contributed by atoms with van der Waals surface area (Å²) in [6.07, 6.45) is 0.974. The molecule has 136 valence electrons. The number of ether oxygens (including phenoxy) is 2. The van der Waals surface area contributed by atoms with Crippen LogP contribution in [-0.4, -0.2) is 36.8 Å². The van der Waals surface area contributed by atoms with E-state index in [9.17, 15) is 14.7 Å². The van der Waals surface area contributed by atoms with Gasteiger partial charge >= 0.3 is 5.97 Å². The van der Waals surface area contributed by atoms with Crippen LogP contribution in [0.4, 0.5) is 5.69 Å². The number of halogens is 1. The number of rotatable bonds is 6. The van der Waals surface area contributed by atoms with Gasteiger partial charge in [0.05, 0.1) is 24.5 Å². The SMILES string of the molecule is O=C(Nc1ccc(Br)cc1C(=O)O)c1cccc(OCC2CCOC2)c1. The highest BCUT2D eigenvalue weighted by Crippen LogP contribution is 2.23. The summed E-state index contributed by atoms with van der Waals surface area (Å²) in [5, 5.41) is 11.9. The summed E-state index contributed by atoms with van der Waals surface area (Å²) in [4.78, 5) is 23.8. The van der Waals surface area contributed by atoms with Crippen molar-refractivity contribution in [2.75, 3.05) is 25.1 Å². The minimum atomic E-state index is -1.11. The molecule has 3 rings (SSSR count). The highest BCUT2D eigenvalue weighted by molar-refractivity contribution is 9.10. The molecule has 1 aliphatic heterocycles. The van der Waals surface area contributed by atoms with Crippen molar-refractivity contribution in [3.05, 3.63) is 58.1 Å². The minimum Gasteiger partial charge on any atom is -0.493 e. The normalized spacial score (nSPS) is 16.3. The fourth-order valence-corrected chi connectivity index (χ4v) is 3.01. The number of hydrogen-bond donors (Lipinski definition) is 2. The van der Waals surface area contributed by atoms with E-state index >= 15 is 0 Å². The number of hydrogen-bond acceptors (Lipinski definition) is 4. The Morgan fingerprint density at radius 2 is 2.12 bits per heavy atom. The third kappa shape index (κ3) is 4.62. The van der Waals surface area contributed by atoms with Crippen LogP contribution >= 0.6 is 15.9 Å². The van der Waals surface area contributed by atoms with Gasteiger partial charge in [0.2, 0.25) is 0 Å². The van der Waals surface area contributed by atoms with Gasteiger partial charge in [-0.15, -0.1) is 0 Å². The van der Waals surface area contributed by atoms with Crippen LogP contribution in [0.5, 0.6) is 5.75 Å². The molecule has 1 saturated heterocycles. The number of aromatic carboxylic acids is 1. The fraction of sp³-hybridized carbons (Fsp3) is 0.263. The zero-order valence-corrected chi connectivity index (χ0v) is 15.5. The van der Waals surface area contributed by atoms with Crippen molar-refractivity contribution in [3.63, 3.8) is 0 Å². The minimum absolute atomic E-state index is 0.0152.